The summed E-state index contributed by atoms with van der Waals surface area (Å²) < 4.78 is 7.44. The van der Waals surface area contributed by atoms with Gasteiger partial charge in [-0.1, -0.05) is 41.1 Å². The van der Waals surface area contributed by atoms with E-state index in [1.165, 1.54) is 22.4 Å². The van der Waals surface area contributed by atoms with Gasteiger partial charge in [0.05, 0.1) is 23.8 Å². The first kappa shape index (κ1) is 28.6. The number of hydrogen-bond donors (Lipinski definition) is 2. The number of carbonyl (C=O) groups excluding carboxylic acids is 2. The maximum absolute atomic E-state index is 13.8. The molecule has 3 heterocycles. The van der Waals surface area contributed by atoms with Crippen LogP contribution in [0, 0.1) is 5.92 Å². The van der Waals surface area contributed by atoms with Crippen LogP contribution < -0.4 is 20.4 Å². The van der Waals surface area contributed by atoms with Crippen molar-refractivity contribution < 1.29 is 19.4 Å². The van der Waals surface area contributed by atoms with Crippen molar-refractivity contribution >= 4 is 51.0 Å². The second-order valence-corrected chi connectivity index (χ2v) is 11.5. The maximum atomic E-state index is 13.8. The van der Waals surface area contributed by atoms with Gasteiger partial charge in [0, 0.05) is 49.9 Å². The van der Waals surface area contributed by atoms with E-state index in [-0.39, 0.29) is 30.0 Å². The van der Waals surface area contributed by atoms with Crippen LogP contribution in [0.3, 0.4) is 0 Å². The number of aliphatic hydroxyl groups excluding tert-OH is 1. The first-order valence-corrected chi connectivity index (χ1v) is 14.4. The molecule has 2 aromatic heterocycles. The fraction of sp³-hybridized carbons (Fsp3) is 0.310. The highest BCUT2D eigenvalue weighted by atomic mass is 35.5. The number of piperidine rings is 1. The van der Waals surface area contributed by atoms with Crippen molar-refractivity contribution in [1.29, 1.82) is 0 Å². The Morgan fingerprint density at radius 2 is 1.90 bits per heavy atom. The summed E-state index contributed by atoms with van der Waals surface area (Å²) in [6, 6.07) is 14.0. The SMILES string of the molecule is CN(C)C(=O)Oc1c(CNC(=O)c2cnc(N3CCC(CO)CC3)s2)c(=O)c2ccc(Cl)cc2n1-c1ccccc1. The van der Waals surface area contributed by atoms with E-state index < -0.39 is 12.0 Å². The fourth-order valence-electron chi connectivity index (χ4n) is 4.74. The molecule has 2 aromatic carbocycles. The number of hydrogen-bond acceptors (Lipinski definition) is 8. The van der Waals surface area contributed by atoms with Gasteiger partial charge in [-0.3, -0.25) is 14.2 Å². The summed E-state index contributed by atoms with van der Waals surface area (Å²) in [5.74, 6) is -0.111. The number of ether oxygens (including phenoxy) is 1. The van der Waals surface area contributed by atoms with Crippen molar-refractivity contribution in [2.24, 2.45) is 5.92 Å². The highest BCUT2D eigenvalue weighted by Gasteiger charge is 2.25. The zero-order valence-corrected chi connectivity index (χ0v) is 24.2. The lowest BCUT2D eigenvalue weighted by molar-refractivity contribution is 0.0954. The molecule has 0 unspecified atom stereocenters. The monoisotopic (exact) mass is 595 g/mol. The summed E-state index contributed by atoms with van der Waals surface area (Å²) in [4.78, 5) is 47.9. The van der Waals surface area contributed by atoms with E-state index in [4.69, 9.17) is 16.3 Å². The third-order valence-corrected chi connectivity index (χ3v) is 8.32. The zero-order chi connectivity index (χ0) is 29.1. The van der Waals surface area contributed by atoms with Crippen LogP contribution in [-0.4, -0.2) is 65.3 Å². The van der Waals surface area contributed by atoms with Crippen LogP contribution in [-0.2, 0) is 6.54 Å². The molecule has 0 spiro atoms. The van der Waals surface area contributed by atoms with Gasteiger partial charge in [0.15, 0.2) is 10.6 Å². The molecule has 2 amide bonds. The van der Waals surface area contributed by atoms with Gasteiger partial charge < -0.3 is 25.0 Å². The van der Waals surface area contributed by atoms with Crippen molar-refractivity contribution in [3.63, 3.8) is 0 Å². The van der Waals surface area contributed by atoms with Gasteiger partial charge in [-0.05, 0) is 49.1 Å². The van der Waals surface area contributed by atoms with Gasteiger partial charge in [-0.25, -0.2) is 9.78 Å². The molecular formula is C29H30ClN5O5S. The van der Waals surface area contributed by atoms with E-state index in [1.54, 1.807) is 36.9 Å². The molecule has 214 valence electrons. The third kappa shape index (κ3) is 6.07. The first-order chi connectivity index (χ1) is 19.8. The van der Waals surface area contributed by atoms with Gasteiger partial charge in [-0.15, -0.1) is 0 Å². The summed E-state index contributed by atoms with van der Waals surface area (Å²) in [5, 5.41) is 13.7. The standard InChI is InChI=1S/C29H30ClN5O5S/c1-33(2)29(39)40-27-22(15-31-26(38)24-16-32-28(41-24)34-12-10-18(17-36)11-13-34)25(37)21-9-8-19(30)14-23(21)35(27)20-6-4-3-5-7-20/h3-9,14,16,18,36H,10-13,15,17H2,1-2H3,(H,31,38). The minimum Gasteiger partial charge on any atom is -0.396 e. The molecule has 12 heteroatoms. The van der Waals surface area contributed by atoms with E-state index >= 15 is 0 Å². The van der Waals surface area contributed by atoms with Crippen LogP contribution in [0.5, 0.6) is 5.88 Å². The number of anilines is 1. The molecule has 5 rings (SSSR count). The van der Waals surface area contributed by atoms with Crippen LogP contribution in [0.4, 0.5) is 9.93 Å². The number of amides is 2. The summed E-state index contributed by atoms with van der Waals surface area (Å²) in [7, 11) is 3.08. The van der Waals surface area contributed by atoms with Crippen molar-refractivity contribution in [2.45, 2.75) is 19.4 Å². The first-order valence-electron chi connectivity index (χ1n) is 13.2. The number of thiazole rings is 1. The molecule has 0 bridgehead atoms. The third-order valence-electron chi connectivity index (χ3n) is 7.03. The summed E-state index contributed by atoms with van der Waals surface area (Å²) in [5.41, 5.74) is 0.832. The van der Waals surface area contributed by atoms with Gasteiger partial charge in [0.1, 0.15) is 4.88 Å². The average molecular weight is 596 g/mol. The number of rotatable bonds is 7. The van der Waals surface area contributed by atoms with Crippen molar-refractivity contribution in [3.05, 3.63) is 80.4 Å². The number of nitrogens with zero attached hydrogens (tertiary/aromatic N) is 4. The van der Waals surface area contributed by atoms with Gasteiger partial charge >= 0.3 is 6.09 Å². The van der Waals surface area contributed by atoms with Crippen LogP contribution in [0.15, 0.2) is 59.5 Å². The topological polar surface area (TPSA) is 117 Å². The van der Waals surface area contributed by atoms with E-state index in [0.29, 0.717) is 32.4 Å². The molecule has 1 aliphatic heterocycles. The molecule has 0 radical (unpaired) electrons. The van der Waals surface area contributed by atoms with Crippen LogP contribution in [0.2, 0.25) is 5.02 Å². The zero-order valence-electron chi connectivity index (χ0n) is 22.7. The minimum absolute atomic E-state index is 0.00767. The number of para-hydroxylation sites is 1. The van der Waals surface area contributed by atoms with E-state index in [2.05, 4.69) is 15.2 Å². The van der Waals surface area contributed by atoms with Crippen LogP contribution in [0.1, 0.15) is 28.1 Å². The Morgan fingerprint density at radius 3 is 2.59 bits per heavy atom. The van der Waals surface area contributed by atoms with Gasteiger partial charge in [0.2, 0.25) is 5.88 Å². The Balaban J connectivity index is 1.50. The lowest BCUT2D eigenvalue weighted by Crippen LogP contribution is -2.34. The summed E-state index contributed by atoms with van der Waals surface area (Å²) in [6.07, 6.45) is 2.57. The maximum Gasteiger partial charge on any atom is 0.416 e. The van der Waals surface area contributed by atoms with Crippen LogP contribution >= 0.6 is 22.9 Å². The number of nitrogens with one attached hydrogen (secondary N) is 1. The highest BCUT2D eigenvalue weighted by Crippen LogP contribution is 2.31. The molecule has 4 aromatic rings. The Hall–Kier alpha value is -3.93. The lowest BCUT2D eigenvalue weighted by atomic mass is 9.98. The Kier molecular flexibility index (Phi) is 8.57. The molecule has 10 nitrogen and oxygen atoms in total. The Labute approximate surface area is 245 Å². The molecule has 1 aliphatic rings. The Bertz CT molecular complexity index is 1630. The second kappa shape index (κ2) is 12.3. The van der Waals surface area contributed by atoms with E-state index in [9.17, 15) is 19.5 Å². The fourth-order valence-corrected chi connectivity index (χ4v) is 5.79. The van der Waals surface area contributed by atoms with Crippen molar-refractivity contribution in [3.8, 4) is 11.6 Å². The Morgan fingerprint density at radius 1 is 1.17 bits per heavy atom. The number of benzene rings is 2. The number of halogens is 1. The predicted octanol–water partition coefficient (Wildman–Crippen LogP) is 4.30. The number of pyridine rings is 1. The summed E-state index contributed by atoms with van der Waals surface area (Å²) in [6.45, 7) is 1.52. The smallest absolute Gasteiger partial charge is 0.396 e. The largest absolute Gasteiger partial charge is 0.416 e. The molecule has 41 heavy (non-hydrogen) atoms. The molecule has 0 saturated carbocycles. The van der Waals surface area contributed by atoms with Gasteiger partial charge in [0.25, 0.3) is 5.91 Å². The van der Waals surface area contributed by atoms with Crippen LogP contribution in [0.25, 0.3) is 16.6 Å². The highest BCUT2D eigenvalue weighted by molar-refractivity contribution is 7.17. The second-order valence-electron chi connectivity index (χ2n) is 10.0. The minimum atomic E-state index is -0.680. The predicted molar refractivity (Wildman–Crippen MR) is 160 cm³/mol. The van der Waals surface area contributed by atoms with Crippen molar-refractivity contribution in [2.75, 3.05) is 38.7 Å². The van der Waals surface area contributed by atoms with E-state index in [0.717, 1.165) is 31.1 Å². The molecular weight excluding hydrogens is 566 g/mol. The van der Waals surface area contributed by atoms with Gasteiger partial charge in [-0.2, -0.15) is 0 Å². The normalized spacial score (nSPS) is 13.8. The molecule has 1 fully saturated rings. The lowest BCUT2D eigenvalue weighted by Gasteiger charge is -2.30. The number of aliphatic hydroxyl groups is 1. The molecule has 0 aliphatic carbocycles. The number of fused-ring (bicyclic) bond motifs is 1. The number of aromatic nitrogens is 2. The average Bonchev–Trinajstić information content (AvgIpc) is 3.48. The number of carbonyl (C=O) groups is 2. The quantitative estimate of drug-likeness (QED) is 0.327. The molecule has 2 N–H and O–H groups in total. The summed E-state index contributed by atoms with van der Waals surface area (Å²) >= 11 is 7.58. The van der Waals surface area contributed by atoms with E-state index in [1.807, 2.05) is 30.3 Å². The molecule has 1 saturated heterocycles. The van der Waals surface area contributed by atoms with Crippen molar-refractivity contribution in [1.82, 2.24) is 19.8 Å². The molecule has 0 atom stereocenters.